The number of methoxy groups -OCH3 is 1. The highest BCUT2D eigenvalue weighted by atomic mass is 16.5. The van der Waals surface area contributed by atoms with E-state index in [1.807, 2.05) is 10.8 Å². The minimum absolute atomic E-state index is 0.167. The molecular weight excluding hydrogens is 204 g/mol. The summed E-state index contributed by atoms with van der Waals surface area (Å²) in [4.78, 5) is 11.0. The van der Waals surface area contributed by atoms with Crippen LogP contribution in [0.2, 0.25) is 0 Å². The van der Waals surface area contributed by atoms with Crippen molar-refractivity contribution in [2.45, 2.75) is 32.9 Å². The van der Waals surface area contributed by atoms with E-state index < -0.39 is 0 Å². The highest BCUT2D eigenvalue weighted by molar-refractivity contribution is 5.68. The first-order valence-corrected chi connectivity index (χ1v) is 5.68. The van der Waals surface area contributed by atoms with Crippen LogP contribution >= 0.6 is 0 Å². The van der Waals surface area contributed by atoms with Crippen LogP contribution in [-0.2, 0) is 22.6 Å². The van der Waals surface area contributed by atoms with Crippen LogP contribution in [0.1, 0.15) is 25.3 Å². The molecule has 0 fully saturated rings. The van der Waals surface area contributed by atoms with Crippen LogP contribution in [0.15, 0.2) is 18.5 Å². The molecule has 0 radical (unpaired) electrons. The van der Waals surface area contributed by atoms with Gasteiger partial charge < -0.3 is 14.6 Å². The topological polar surface area (TPSA) is 43.3 Å². The second-order valence-electron chi connectivity index (χ2n) is 3.76. The van der Waals surface area contributed by atoms with Crippen LogP contribution in [0.4, 0.5) is 0 Å². The van der Waals surface area contributed by atoms with Gasteiger partial charge in [0.15, 0.2) is 0 Å². The number of aryl methyl sites for hydroxylation is 1. The standard InChI is InChI=1S/C12H20N2O2/c1-3-6-13-9-11-4-7-14(10-11)8-5-12(15)16-2/h4,7,10,13H,3,5-6,8-9H2,1-2H3. The van der Waals surface area contributed by atoms with Gasteiger partial charge in [0.1, 0.15) is 0 Å². The van der Waals surface area contributed by atoms with Gasteiger partial charge in [0.2, 0.25) is 0 Å². The zero-order valence-corrected chi connectivity index (χ0v) is 10.0. The third-order valence-electron chi connectivity index (χ3n) is 2.37. The lowest BCUT2D eigenvalue weighted by Gasteiger charge is -2.02. The minimum atomic E-state index is -0.167. The molecule has 1 N–H and O–H groups in total. The molecule has 0 unspecified atom stereocenters. The molecule has 1 aromatic rings. The third-order valence-corrected chi connectivity index (χ3v) is 2.37. The van der Waals surface area contributed by atoms with Crippen molar-refractivity contribution >= 4 is 5.97 Å². The summed E-state index contributed by atoms with van der Waals surface area (Å²) in [7, 11) is 1.41. The van der Waals surface area contributed by atoms with Crippen LogP contribution in [0.3, 0.4) is 0 Å². The number of hydrogen-bond donors (Lipinski definition) is 1. The summed E-state index contributed by atoms with van der Waals surface area (Å²) in [6.45, 7) is 4.75. The zero-order chi connectivity index (χ0) is 11.8. The normalized spacial score (nSPS) is 10.4. The number of carbonyl (C=O) groups is 1. The number of aromatic nitrogens is 1. The number of ether oxygens (including phenoxy) is 1. The van der Waals surface area contributed by atoms with Crippen molar-refractivity contribution in [3.05, 3.63) is 24.0 Å². The van der Waals surface area contributed by atoms with E-state index in [2.05, 4.69) is 29.2 Å². The molecule has 0 saturated carbocycles. The van der Waals surface area contributed by atoms with Gasteiger partial charge in [-0.3, -0.25) is 4.79 Å². The summed E-state index contributed by atoms with van der Waals surface area (Å²) in [6, 6.07) is 2.07. The van der Waals surface area contributed by atoms with Crippen molar-refractivity contribution < 1.29 is 9.53 Å². The van der Waals surface area contributed by atoms with E-state index in [-0.39, 0.29) is 5.97 Å². The van der Waals surface area contributed by atoms with Crippen molar-refractivity contribution in [3.8, 4) is 0 Å². The zero-order valence-electron chi connectivity index (χ0n) is 10.0. The smallest absolute Gasteiger partial charge is 0.307 e. The Kier molecular flexibility index (Phi) is 5.64. The Morgan fingerprint density at radius 1 is 1.56 bits per heavy atom. The van der Waals surface area contributed by atoms with Gasteiger partial charge in [0.05, 0.1) is 13.5 Å². The molecule has 1 heterocycles. The molecule has 1 aromatic heterocycles. The number of esters is 1. The molecule has 0 bridgehead atoms. The summed E-state index contributed by atoms with van der Waals surface area (Å²) >= 11 is 0. The van der Waals surface area contributed by atoms with Gasteiger partial charge in [-0.25, -0.2) is 0 Å². The van der Waals surface area contributed by atoms with Gasteiger partial charge in [0, 0.05) is 25.5 Å². The average Bonchev–Trinajstić information content (AvgIpc) is 2.74. The van der Waals surface area contributed by atoms with Gasteiger partial charge in [-0.15, -0.1) is 0 Å². The van der Waals surface area contributed by atoms with E-state index in [9.17, 15) is 4.79 Å². The molecule has 16 heavy (non-hydrogen) atoms. The van der Waals surface area contributed by atoms with E-state index in [0.29, 0.717) is 13.0 Å². The molecule has 0 amide bonds. The molecule has 0 spiro atoms. The lowest BCUT2D eigenvalue weighted by molar-refractivity contribution is -0.140. The number of carbonyl (C=O) groups excluding carboxylic acids is 1. The van der Waals surface area contributed by atoms with E-state index in [1.54, 1.807) is 0 Å². The second kappa shape index (κ2) is 7.06. The maximum atomic E-state index is 11.0. The highest BCUT2D eigenvalue weighted by Crippen LogP contribution is 2.02. The van der Waals surface area contributed by atoms with Crippen molar-refractivity contribution in [2.24, 2.45) is 0 Å². The van der Waals surface area contributed by atoms with Crippen molar-refractivity contribution in [1.82, 2.24) is 9.88 Å². The fraction of sp³-hybridized carbons (Fsp3) is 0.583. The number of nitrogens with one attached hydrogen (secondary N) is 1. The molecule has 0 saturated heterocycles. The minimum Gasteiger partial charge on any atom is -0.469 e. The average molecular weight is 224 g/mol. The summed E-state index contributed by atoms with van der Waals surface area (Å²) in [5.41, 5.74) is 1.25. The van der Waals surface area contributed by atoms with Crippen LogP contribution < -0.4 is 5.32 Å². The molecular formula is C12H20N2O2. The molecule has 0 aromatic carbocycles. The monoisotopic (exact) mass is 224 g/mol. The fourth-order valence-electron chi connectivity index (χ4n) is 1.47. The van der Waals surface area contributed by atoms with Crippen LogP contribution in [0.25, 0.3) is 0 Å². The molecule has 0 aliphatic heterocycles. The van der Waals surface area contributed by atoms with Crippen LogP contribution in [0, 0.1) is 0 Å². The molecule has 1 rings (SSSR count). The van der Waals surface area contributed by atoms with E-state index >= 15 is 0 Å². The largest absolute Gasteiger partial charge is 0.469 e. The number of hydrogen-bond acceptors (Lipinski definition) is 3. The van der Waals surface area contributed by atoms with Gasteiger partial charge >= 0.3 is 5.97 Å². The second-order valence-corrected chi connectivity index (χ2v) is 3.76. The first kappa shape index (κ1) is 12.8. The summed E-state index contributed by atoms with van der Waals surface area (Å²) in [5, 5.41) is 3.34. The predicted octanol–water partition coefficient (Wildman–Crippen LogP) is 1.55. The SMILES string of the molecule is CCCNCc1ccn(CCC(=O)OC)c1. The summed E-state index contributed by atoms with van der Waals surface area (Å²) < 4.78 is 6.61. The quantitative estimate of drug-likeness (QED) is 0.564. The lowest BCUT2D eigenvalue weighted by atomic mass is 10.3. The van der Waals surface area contributed by atoms with Gasteiger partial charge in [-0.1, -0.05) is 6.92 Å². The van der Waals surface area contributed by atoms with E-state index in [4.69, 9.17) is 0 Å². The highest BCUT2D eigenvalue weighted by Gasteiger charge is 2.01. The molecule has 90 valence electrons. The Labute approximate surface area is 96.6 Å². The van der Waals surface area contributed by atoms with Gasteiger partial charge in [-0.05, 0) is 24.6 Å². The van der Waals surface area contributed by atoms with Crippen molar-refractivity contribution in [3.63, 3.8) is 0 Å². The van der Waals surface area contributed by atoms with Crippen molar-refractivity contribution in [2.75, 3.05) is 13.7 Å². The molecule has 0 aliphatic rings. The van der Waals surface area contributed by atoms with E-state index in [0.717, 1.165) is 19.5 Å². The van der Waals surface area contributed by atoms with Crippen molar-refractivity contribution in [1.29, 1.82) is 0 Å². The fourth-order valence-corrected chi connectivity index (χ4v) is 1.47. The Bertz CT molecular complexity index is 321. The Hall–Kier alpha value is -1.29. The summed E-state index contributed by atoms with van der Waals surface area (Å²) in [5.74, 6) is -0.167. The molecule has 4 nitrogen and oxygen atoms in total. The summed E-state index contributed by atoms with van der Waals surface area (Å²) in [6.07, 6.45) is 5.62. The first-order chi connectivity index (χ1) is 7.76. The van der Waals surface area contributed by atoms with Crippen LogP contribution in [0.5, 0.6) is 0 Å². The maximum Gasteiger partial charge on any atom is 0.307 e. The maximum absolute atomic E-state index is 11.0. The first-order valence-electron chi connectivity index (χ1n) is 5.68. The van der Waals surface area contributed by atoms with E-state index in [1.165, 1.54) is 12.7 Å². The van der Waals surface area contributed by atoms with Gasteiger partial charge in [0.25, 0.3) is 0 Å². The Morgan fingerprint density at radius 2 is 2.38 bits per heavy atom. The van der Waals surface area contributed by atoms with Crippen LogP contribution in [-0.4, -0.2) is 24.2 Å². The molecule has 4 heteroatoms. The van der Waals surface area contributed by atoms with Gasteiger partial charge in [-0.2, -0.15) is 0 Å². The molecule has 0 aliphatic carbocycles. The Balaban J connectivity index is 2.30. The molecule has 0 atom stereocenters. The number of rotatable bonds is 7. The Morgan fingerprint density at radius 3 is 3.06 bits per heavy atom. The third kappa shape index (κ3) is 4.49. The lowest BCUT2D eigenvalue weighted by Crippen LogP contribution is -2.13. The predicted molar refractivity (Wildman–Crippen MR) is 63.1 cm³/mol. The number of nitrogens with zero attached hydrogens (tertiary/aromatic N) is 1.